The van der Waals surface area contributed by atoms with Gasteiger partial charge in [-0.2, -0.15) is 0 Å². The molecule has 8 heterocycles. The lowest BCUT2D eigenvalue weighted by atomic mass is 9.99. The summed E-state index contributed by atoms with van der Waals surface area (Å²) in [7, 11) is 0. The van der Waals surface area contributed by atoms with Gasteiger partial charge >= 0.3 is 0 Å². The number of amides is 7. The van der Waals surface area contributed by atoms with Crippen LogP contribution in [0.3, 0.4) is 0 Å². The third-order valence-electron chi connectivity index (χ3n) is 20.9. The molecule has 21 heteroatoms. The summed E-state index contributed by atoms with van der Waals surface area (Å²) >= 11 is 0. The van der Waals surface area contributed by atoms with Crippen molar-refractivity contribution in [3.05, 3.63) is 212 Å². The Morgan fingerprint density at radius 2 is 0.790 bits per heavy atom. The predicted octanol–water partition coefficient (Wildman–Crippen LogP) is 16.1. The summed E-state index contributed by atoms with van der Waals surface area (Å²) in [5.41, 5.74) is 23.1. The van der Waals surface area contributed by atoms with Crippen molar-refractivity contribution in [1.29, 1.82) is 0 Å². The third kappa shape index (κ3) is 15.1. The molecule has 105 heavy (non-hydrogen) atoms. The second-order valence-corrected chi connectivity index (χ2v) is 28.2. The molecule has 4 aliphatic heterocycles. The Morgan fingerprint density at radius 3 is 1.22 bits per heavy atom. The SMILES string of the molecule is Cc1ccc(-c2c(C)noc2C)cc1N(CCCCCCc1ccc2c(c1)C(=O)N(C1CCC(=O)NC1=O)C2=O)c1ccc(-c2c(C)noc2C)cc1.Cc1ccc(-c2c(C)noc2C)cc1N(CCCCCCc1ccc2c(c1)CN(C1CCC(=O)NC1=O)C2=O)c1ccc(-c2c(C)noc2C)cc1. The zero-order chi connectivity index (χ0) is 73.9. The van der Waals surface area contributed by atoms with Crippen molar-refractivity contribution in [2.24, 2.45) is 0 Å². The molecule has 540 valence electrons. The predicted molar refractivity (Wildman–Crippen MR) is 399 cm³/mol. The number of aromatic nitrogens is 4. The number of fused-ring (bicyclic) bond motifs is 2. The van der Waals surface area contributed by atoms with Gasteiger partial charge in [-0.05, 0) is 225 Å². The van der Waals surface area contributed by atoms with Crippen LogP contribution in [0.15, 0.2) is 139 Å². The van der Waals surface area contributed by atoms with E-state index in [0.29, 0.717) is 29.7 Å². The summed E-state index contributed by atoms with van der Waals surface area (Å²) in [6.07, 6.45) is 10.6. The summed E-state index contributed by atoms with van der Waals surface area (Å²) in [5.74, 6) is 0.461. The number of anilines is 4. The maximum atomic E-state index is 13.3. The number of piperidine rings is 2. The number of imide groups is 3. The number of benzene rings is 6. The highest BCUT2D eigenvalue weighted by molar-refractivity contribution is 6.23. The lowest BCUT2D eigenvalue weighted by molar-refractivity contribution is -0.138. The fourth-order valence-corrected chi connectivity index (χ4v) is 15.4. The van der Waals surface area contributed by atoms with E-state index >= 15 is 0 Å². The molecule has 2 atom stereocenters. The maximum absolute atomic E-state index is 13.3. The van der Waals surface area contributed by atoms with Crippen LogP contribution < -0.4 is 20.4 Å². The lowest BCUT2D eigenvalue weighted by Gasteiger charge is -2.29. The number of nitrogens with one attached hydrogen (secondary N) is 2. The highest BCUT2D eigenvalue weighted by Crippen LogP contribution is 2.41. The van der Waals surface area contributed by atoms with Crippen molar-refractivity contribution < 1.29 is 51.7 Å². The highest BCUT2D eigenvalue weighted by atomic mass is 16.5. The number of hydrogen-bond acceptors (Lipinski definition) is 17. The van der Waals surface area contributed by atoms with Gasteiger partial charge in [-0.15, -0.1) is 0 Å². The molecule has 2 saturated heterocycles. The van der Waals surface area contributed by atoms with Crippen molar-refractivity contribution in [2.75, 3.05) is 22.9 Å². The first-order valence-corrected chi connectivity index (χ1v) is 36.4. The summed E-state index contributed by atoms with van der Waals surface area (Å²) in [4.78, 5) is 95.0. The molecule has 0 aliphatic carbocycles. The molecule has 2 fully saturated rings. The second kappa shape index (κ2) is 30.9. The second-order valence-electron chi connectivity index (χ2n) is 28.2. The summed E-state index contributed by atoms with van der Waals surface area (Å²) in [6, 6.07) is 40.2. The Labute approximate surface area is 610 Å². The third-order valence-corrected chi connectivity index (χ3v) is 20.9. The van der Waals surface area contributed by atoms with Crippen LogP contribution in [0, 0.1) is 69.2 Å². The van der Waals surface area contributed by atoms with Crippen molar-refractivity contribution in [2.45, 2.75) is 178 Å². The van der Waals surface area contributed by atoms with Gasteiger partial charge in [0.25, 0.3) is 17.7 Å². The molecule has 4 aromatic heterocycles. The first-order chi connectivity index (χ1) is 50.6. The molecule has 0 bridgehead atoms. The number of hydrogen-bond donors (Lipinski definition) is 2. The zero-order valence-corrected chi connectivity index (χ0v) is 61.3. The number of nitrogens with zero attached hydrogens (tertiary/aromatic N) is 8. The molecule has 14 rings (SSSR count). The van der Waals surface area contributed by atoms with E-state index < -0.39 is 35.7 Å². The topological polar surface area (TPSA) is 261 Å². The molecule has 0 spiro atoms. The van der Waals surface area contributed by atoms with Gasteiger partial charge < -0.3 is 32.8 Å². The normalized spacial score (nSPS) is 15.7. The Morgan fingerprint density at radius 1 is 0.400 bits per heavy atom. The van der Waals surface area contributed by atoms with Crippen LogP contribution in [-0.2, 0) is 38.6 Å². The molecule has 10 aromatic rings. The van der Waals surface area contributed by atoms with Crippen molar-refractivity contribution in [3.63, 3.8) is 0 Å². The fourth-order valence-electron chi connectivity index (χ4n) is 15.4. The van der Waals surface area contributed by atoms with Crippen LogP contribution >= 0.6 is 0 Å². The zero-order valence-electron chi connectivity index (χ0n) is 61.3. The summed E-state index contributed by atoms with van der Waals surface area (Å²) < 4.78 is 21.9. The number of rotatable bonds is 24. The minimum atomic E-state index is -0.967. The van der Waals surface area contributed by atoms with E-state index in [0.717, 1.165) is 212 Å². The molecule has 6 aromatic carbocycles. The van der Waals surface area contributed by atoms with E-state index in [1.54, 1.807) is 17.0 Å². The van der Waals surface area contributed by atoms with Crippen LogP contribution in [0.5, 0.6) is 0 Å². The molecule has 0 saturated carbocycles. The lowest BCUT2D eigenvalue weighted by Crippen LogP contribution is -2.54. The molecule has 4 aliphatic rings. The van der Waals surface area contributed by atoms with Crippen LogP contribution in [0.25, 0.3) is 44.5 Å². The number of carbonyl (C=O) groups excluding carboxylic acids is 7. The van der Waals surface area contributed by atoms with Gasteiger partial charge in [-0.3, -0.25) is 49.1 Å². The molecule has 7 amide bonds. The number of carbonyl (C=O) groups is 7. The van der Waals surface area contributed by atoms with Crippen LogP contribution in [0.4, 0.5) is 22.7 Å². The Balaban J connectivity index is 0.000000186. The van der Waals surface area contributed by atoms with E-state index in [4.69, 9.17) is 18.1 Å². The quantitative estimate of drug-likeness (QED) is 0.0421. The molecular weight excluding hydrogens is 1320 g/mol. The first kappa shape index (κ1) is 72.0. The van der Waals surface area contributed by atoms with Gasteiger partial charge in [-0.1, -0.05) is 113 Å². The minimum Gasteiger partial charge on any atom is -0.361 e. The van der Waals surface area contributed by atoms with Crippen LogP contribution in [0.2, 0.25) is 0 Å². The Bertz CT molecular complexity index is 4920. The van der Waals surface area contributed by atoms with E-state index in [1.165, 1.54) is 11.1 Å². The van der Waals surface area contributed by atoms with E-state index in [-0.39, 0.29) is 37.0 Å². The van der Waals surface area contributed by atoms with Crippen LogP contribution in [0.1, 0.15) is 182 Å². The Hall–Kier alpha value is -11.4. The van der Waals surface area contributed by atoms with Gasteiger partial charge in [0.15, 0.2) is 0 Å². The van der Waals surface area contributed by atoms with E-state index in [2.05, 4.69) is 146 Å². The largest absolute Gasteiger partial charge is 0.361 e. The molecule has 2 N–H and O–H groups in total. The van der Waals surface area contributed by atoms with E-state index in [9.17, 15) is 33.6 Å². The first-order valence-electron chi connectivity index (χ1n) is 36.4. The maximum Gasteiger partial charge on any atom is 0.262 e. The van der Waals surface area contributed by atoms with Gasteiger partial charge in [-0.25, -0.2) is 0 Å². The molecule has 2 unspecified atom stereocenters. The number of unbranched alkanes of at least 4 members (excludes halogenated alkanes) is 6. The van der Waals surface area contributed by atoms with Gasteiger partial charge in [0.2, 0.25) is 23.6 Å². The summed E-state index contributed by atoms with van der Waals surface area (Å²) in [5, 5.41) is 21.3. The molecular formula is C84H88N10O11. The van der Waals surface area contributed by atoms with Crippen molar-refractivity contribution in [3.8, 4) is 44.5 Å². The van der Waals surface area contributed by atoms with Crippen molar-refractivity contribution >= 4 is 64.1 Å². The van der Waals surface area contributed by atoms with Gasteiger partial charge in [0.05, 0.1) is 33.9 Å². The highest BCUT2D eigenvalue weighted by Gasteiger charge is 2.45. The molecule has 0 radical (unpaired) electrons. The monoisotopic (exact) mass is 1410 g/mol. The number of aryl methyl sites for hydroxylation is 12. The average molecular weight is 1410 g/mol. The van der Waals surface area contributed by atoms with Gasteiger partial charge in [0.1, 0.15) is 35.1 Å². The van der Waals surface area contributed by atoms with Crippen molar-refractivity contribution in [1.82, 2.24) is 41.1 Å². The fraction of sp³-hybridized carbons (Fsp3) is 0.345. The average Bonchev–Trinajstić information content (AvgIpc) is 1.62. The van der Waals surface area contributed by atoms with E-state index in [1.807, 2.05) is 73.6 Å². The molecule has 21 nitrogen and oxygen atoms in total. The standard InChI is InChI=1S/C42H43N5O6.C42H45N5O5/c1-24-11-13-31(39-26(3)45-53-28(39)5)23-36(24)46(32-16-14-30(15-17-32)38-25(2)44-52-27(38)4)21-9-7-6-8-10-29-12-18-33-34(22-29)42(51)47(41(33)50)35-19-20-37(48)43-40(35)49;1-25-11-13-32(40-27(3)45-52-29(40)5)23-37(25)46(34-16-14-31(15-17-34)39-26(2)44-51-28(39)4)21-9-7-6-8-10-30-12-18-35-33(22-30)24-47(42(35)50)36-19-20-38(48)43-41(36)49/h11-18,22-23,35H,6-10,19-21H2,1-5H3,(H,43,48,49);11-18,22-23,36H,6-10,19-21,24H2,1-5H3,(H,43,48,49). The minimum absolute atomic E-state index is 0.0942. The van der Waals surface area contributed by atoms with Gasteiger partial charge in [0, 0.05) is 83.0 Å². The van der Waals surface area contributed by atoms with Crippen LogP contribution in [-0.4, -0.2) is 96.9 Å². The smallest absolute Gasteiger partial charge is 0.262 e. The Kier molecular flexibility index (Phi) is 21.2. The summed E-state index contributed by atoms with van der Waals surface area (Å²) in [6.45, 7) is 22.0.